The van der Waals surface area contributed by atoms with E-state index in [1.54, 1.807) is 34.0 Å². The van der Waals surface area contributed by atoms with Crippen LogP contribution in [0.15, 0.2) is 59.3 Å². The van der Waals surface area contributed by atoms with E-state index in [-0.39, 0.29) is 55.4 Å². The number of ether oxygens (including phenoxy) is 1. The van der Waals surface area contributed by atoms with Crippen molar-refractivity contribution in [1.82, 2.24) is 19.1 Å². The molecule has 0 spiro atoms. The molecule has 3 fully saturated rings. The van der Waals surface area contributed by atoms with Gasteiger partial charge < -0.3 is 14.7 Å². The number of aliphatic hydroxyl groups is 1. The van der Waals surface area contributed by atoms with E-state index in [1.807, 2.05) is 6.08 Å². The van der Waals surface area contributed by atoms with Gasteiger partial charge in [0.15, 0.2) is 0 Å². The van der Waals surface area contributed by atoms with Crippen molar-refractivity contribution in [2.24, 2.45) is 11.3 Å². The second-order valence-electron chi connectivity index (χ2n) is 12.2. The van der Waals surface area contributed by atoms with E-state index >= 15 is 0 Å². The average Bonchev–Trinajstić information content (AvgIpc) is 3.63. The number of sulfonamides is 1. The van der Waals surface area contributed by atoms with Crippen molar-refractivity contribution in [3.63, 3.8) is 0 Å². The molecular formula is C31H33F2N5O5S. The first-order valence-corrected chi connectivity index (χ1v) is 16.3. The maximum Gasteiger partial charge on any atom is 0.317 e. The Bertz CT molecular complexity index is 1710. The SMILES string of the molecule is O=C(OCC1CC(O)C1)C12Cc3cnn(-c4ccc(F)cc4)c3C=C1CCN(S(=O)(=O)c1ccc(N3CC[C@@H](F)C3)nc1)C2. The van der Waals surface area contributed by atoms with Crippen LogP contribution >= 0.6 is 0 Å². The van der Waals surface area contributed by atoms with Crippen LogP contribution in [0, 0.1) is 17.2 Å². The number of hydrogen-bond acceptors (Lipinski definition) is 8. The topological polar surface area (TPSA) is 118 Å². The molecule has 13 heteroatoms. The summed E-state index contributed by atoms with van der Waals surface area (Å²) in [6, 6.07) is 9.02. The molecule has 0 radical (unpaired) electrons. The van der Waals surface area contributed by atoms with Gasteiger partial charge in [-0.2, -0.15) is 9.40 Å². The molecule has 7 rings (SSSR count). The molecule has 2 saturated heterocycles. The molecule has 3 aromatic rings. The van der Waals surface area contributed by atoms with E-state index in [1.165, 1.54) is 28.7 Å². The predicted octanol–water partition coefficient (Wildman–Crippen LogP) is 3.29. The van der Waals surface area contributed by atoms with Gasteiger partial charge in [0, 0.05) is 25.8 Å². The van der Waals surface area contributed by atoms with Crippen molar-refractivity contribution < 1.29 is 31.8 Å². The minimum atomic E-state index is -4.03. The van der Waals surface area contributed by atoms with Gasteiger partial charge >= 0.3 is 5.97 Å². The Hall–Kier alpha value is -3.68. The second kappa shape index (κ2) is 11.0. The summed E-state index contributed by atoms with van der Waals surface area (Å²) in [5, 5.41) is 14.2. The summed E-state index contributed by atoms with van der Waals surface area (Å²) in [4.78, 5) is 20.1. The molecule has 2 atom stereocenters. The normalized spacial score (nSPS) is 26.8. The van der Waals surface area contributed by atoms with Gasteiger partial charge in [-0.3, -0.25) is 4.79 Å². The number of rotatable bonds is 7. The molecule has 2 aromatic heterocycles. The third kappa shape index (κ3) is 5.10. The molecule has 44 heavy (non-hydrogen) atoms. The Balaban J connectivity index is 1.19. The Morgan fingerprint density at radius 1 is 1.11 bits per heavy atom. The summed E-state index contributed by atoms with van der Waals surface area (Å²) in [7, 11) is -4.03. The van der Waals surface area contributed by atoms with Crippen LogP contribution in [0.3, 0.4) is 0 Å². The van der Waals surface area contributed by atoms with Crippen molar-refractivity contribution >= 4 is 27.9 Å². The van der Waals surface area contributed by atoms with E-state index < -0.39 is 27.6 Å². The highest BCUT2D eigenvalue weighted by Crippen LogP contribution is 2.46. The van der Waals surface area contributed by atoms with Crippen LogP contribution < -0.4 is 4.90 Å². The molecule has 1 saturated carbocycles. The molecular weight excluding hydrogens is 592 g/mol. The van der Waals surface area contributed by atoms with Crippen LogP contribution in [-0.2, 0) is 26.0 Å². The number of nitrogens with zero attached hydrogens (tertiary/aromatic N) is 5. The molecule has 0 bridgehead atoms. The Kier molecular flexibility index (Phi) is 7.29. The number of aliphatic hydroxyl groups excluding tert-OH is 1. The number of aromatic nitrogens is 3. The fraction of sp³-hybridized carbons (Fsp3) is 0.452. The summed E-state index contributed by atoms with van der Waals surface area (Å²) >= 11 is 0. The largest absolute Gasteiger partial charge is 0.465 e. The van der Waals surface area contributed by atoms with Crippen molar-refractivity contribution in [2.75, 3.05) is 37.7 Å². The van der Waals surface area contributed by atoms with E-state index in [0.29, 0.717) is 43.7 Å². The van der Waals surface area contributed by atoms with E-state index in [0.717, 1.165) is 16.8 Å². The van der Waals surface area contributed by atoms with Crippen molar-refractivity contribution in [3.05, 3.63) is 71.4 Å². The molecule has 2 aliphatic carbocycles. The van der Waals surface area contributed by atoms with Crippen LogP contribution in [0.25, 0.3) is 11.8 Å². The fourth-order valence-electron chi connectivity index (χ4n) is 6.73. The van der Waals surface area contributed by atoms with Gasteiger partial charge in [-0.05, 0) is 91.6 Å². The Labute approximate surface area is 254 Å². The number of anilines is 1. The lowest BCUT2D eigenvalue weighted by Gasteiger charge is -2.44. The number of halogens is 2. The van der Waals surface area contributed by atoms with Crippen LogP contribution in [0.4, 0.5) is 14.6 Å². The summed E-state index contributed by atoms with van der Waals surface area (Å²) in [5.74, 6) is -0.285. The summed E-state index contributed by atoms with van der Waals surface area (Å²) < 4.78 is 63.9. The van der Waals surface area contributed by atoms with Gasteiger partial charge in [-0.15, -0.1) is 0 Å². The highest BCUT2D eigenvalue weighted by molar-refractivity contribution is 7.89. The van der Waals surface area contributed by atoms with Gasteiger partial charge in [-0.25, -0.2) is 26.9 Å². The highest BCUT2D eigenvalue weighted by atomic mass is 32.2. The molecule has 1 unspecified atom stereocenters. The first-order chi connectivity index (χ1) is 21.1. The predicted molar refractivity (Wildman–Crippen MR) is 157 cm³/mol. The number of carbonyl (C=O) groups excluding carboxylic acids is 1. The van der Waals surface area contributed by atoms with E-state index in [4.69, 9.17) is 4.74 Å². The lowest BCUT2D eigenvalue weighted by molar-refractivity contribution is -0.158. The molecule has 2 aliphatic heterocycles. The smallest absolute Gasteiger partial charge is 0.317 e. The highest BCUT2D eigenvalue weighted by Gasteiger charge is 2.52. The van der Waals surface area contributed by atoms with Gasteiger partial charge in [0.2, 0.25) is 10.0 Å². The van der Waals surface area contributed by atoms with Gasteiger partial charge in [-0.1, -0.05) is 0 Å². The van der Waals surface area contributed by atoms with Crippen LogP contribution in [0.1, 0.15) is 36.9 Å². The first kappa shape index (κ1) is 29.1. The Morgan fingerprint density at radius 2 is 1.91 bits per heavy atom. The lowest BCUT2D eigenvalue weighted by Crippen LogP contribution is -2.54. The minimum absolute atomic E-state index is 0.00252. The number of hydrogen-bond donors (Lipinski definition) is 1. The molecule has 10 nitrogen and oxygen atoms in total. The zero-order chi connectivity index (χ0) is 30.6. The second-order valence-corrected chi connectivity index (χ2v) is 14.2. The maximum absolute atomic E-state index is 14.0. The molecule has 0 amide bonds. The van der Waals surface area contributed by atoms with Gasteiger partial charge in [0.25, 0.3) is 0 Å². The Morgan fingerprint density at radius 3 is 2.59 bits per heavy atom. The summed E-state index contributed by atoms with van der Waals surface area (Å²) in [6.45, 7) is 0.929. The van der Waals surface area contributed by atoms with Crippen molar-refractivity contribution in [2.45, 2.75) is 49.3 Å². The maximum atomic E-state index is 14.0. The third-order valence-corrected chi connectivity index (χ3v) is 11.1. The van der Waals surface area contributed by atoms with Gasteiger partial charge in [0.1, 0.15) is 28.1 Å². The minimum Gasteiger partial charge on any atom is -0.465 e. The van der Waals surface area contributed by atoms with Crippen LogP contribution in [0.5, 0.6) is 0 Å². The standard InChI is InChI=1S/C31H33F2N5O5S/c32-23-1-3-25(4-2-23)38-28-13-22-7-10-37(44(41,42)27-5-6-29(34-16-27)36-9-8-24(33)17-36)19-31(22,14-21(28)15-35-38)30(40)43-18-20-11-26(39)12-20/h1-6,13,15-16,20,24,26,39H,7-12,14,17-19H2/t20?,24-,26?,31?/m1/s1. The van der Waals surface area contributed by atoms with Crippen molar-refractivity contribution in [1.29, 1.82) is 0 Å². The number of alkyl halides is 1. The van der Waals surface area contributed by atoms with Crippen molar-refractivity contribution in [3.8, 4) is 5.69 Å². The molecule has 4 aliphatic rings. The van der Waals surface area contributed by atoms with E-state index in [9.17, 15) is 27.1 Å². The zero-order valence-corrected chi connectivity index (χ0v) is 24.8. The molecule has 1 aromatic carbocycles. The number of pyridine rings is 1. The fourth-order valence-corrected chi connectivity index (χ4v) is 8.18. The van der Waals surface area contributed by atoms with Crippen LogP contribution in [-0.4, -0.2) is 83.6 Å². The molecule has 1 N–H and O–H groups in total. The van der Waals surface area contributed by atoms with E-state index in [2.05, 4.69) is 10.1 Å². The number of esters is 1. The first-order valence-electron chi connectivity index (χ1n) is 14.9. The number of piperidine rings is 1. The zero-order valence-electron chi connectivity index (χ0n) is 24.0. The number of fused-ring (bicyclic) bond motifs is 2. The third-order valence-electron chi connectivity index (χ3n) is 9.32. The molecule has 4 heterocycles. The average molecular weight is 626 g/mol. The van der Waals surface area contributed by atoms with Gasteiger partial charge in [0.05, 0.1) is 36.8 Å². The number of benzene rings is 1. The summed E-state index contributed by atoms with van der Waals surface area (Å²) in [6.07, 6.45) is 5.52. The lowest BCUT2D eigenvalue weighted by atomic mass is 9.68. The number of carbonyl (C=O) groups is 1. The van der Waals surface area contributed by atoms with Crippen LogP contribution in [0.2, 0.25) is 0 Å². The quantitative estimate of drug-likeness (QED) is 0.398. The summed E-state index contributed by atoms with van der Waals surface area (Å²) in [5.41, 5.74) is 1.65. The monoisotopic (exact) mass is 625 g/mol. The molecule has 232 valence electrons.